The molecule has 0 aromatic heterocycles. The van der Waals surface area contributed by atoms with Gasteiger partial charge in [0.1, 0.15) is 22.2 Å². The molecule has 0 spiro atoms. The molecule has 0 aliphatic carbocycles. The van der Waals surface area contributed by atoms with E-state index in [4.69, 9.17) is 44.3 Å². The SMILES string of the molecule is COc1cccc(OC(=O)c2ccc(NC3=C(Cl)C(=O)N(c4cc(Cl)ccc4Cl)C3=O)cc2)c1. The summed E-state index contributed by atoms with van der Waals surface area (Å²) >= 11 is 18.3. The van der Waals surface area contributed by atoms with Gasteiger partial charge in [0.15, 0.2) is 0 Å². The summed E-state index contributed by atoms with van der Waals surface area (Å²) in [6, 6.07) is 17.2. The second-order valence-electron chi connectivity index (χ2n) is 7.00. The molecule has 172 valence electrons. The van der Waals surface area contributed by atoms with E-state index in [-0.39, 0.29) is 27.0 Å². The van der Waals surface area contributed by atoms with Crippen LogP contribution < -0.4 is 19.7 Å². The van der Waals surface area contributed by atoms with E-state index >= 15 is 0 Å². The van der Waals surface area contributed by atoms with E-state index in [9.17, 15) is 14.4 Å². The lowest BCUT2D eigenvalue weighted by Gasteiger charge is -2.17. The van der Waals surface area contributed by atoms with Crippen LogP contribution in [0.15, 0.2) is 77.5 Å². The summed E-state index contributed by atoms with van der Waals surface area (Å²) in [6.07, 6.45) is 0. The van der Waals surface area contributed by atoms with E-state index in [1.54, 1.807) is 36.4 Å². The monoisotopic (exact) mass is 516 g/mol. The number of rotatable bonds is 6. The Morgan fingerprint density at radius 3 is 2.29 bits per heavy atom. The minimum absolute atomic E-state index is 0.120. The number of amides is 2. The fourth-order valence-electron chi connectivity index (χ4n) is 3.15. The van der Waals surface area contributed by atoms with Crippen LogP contribution >= 0.6 is 34.8 Å². The highest BCUT2D eigenvalue weighted by Gasteiger charge is 2.40. The lowest BCUT2D eigenvalue weighted by atomic mass is 10.2. The first-order valence-electron chi connectivity index (χ1n) is 9.75. The first-order chi connectivity index (χ1) is 16.3. The van der Waals surface area contributed by atoms with Gasteiger partial charge >= 0.3 is 5.97 Å². The molecule has 0 saturated carbocycles. The number of nitrogens with one attached hydrogen (secondary N) is 1. The summed E-state index contributed by atoms with van der Waals surface area (Å²) in [6.45, 7) is 0. The first kappa shape index (κ1) is 23.6. The van der Waals surface area contributed by atoms with Crippen molar-refractivity contribution in [3.8, 4) is 11.5 Å². The normalized spacial score (nSPS) is 13.4. The van der Waals surface area contributed by atoms with E-state index in [1.807, 2.05) is 0 Å². The highest BCUT2D eigenvalue weighted by atomic mass is 35.5. The molecule has 0 atom stereocenters. The third-order valence-electron chi connectivity index (χ3n) is 4.82. The second-order valence-corrected chi connectivity index (χ2v) is 8.22. The summed E-state index contributed by atoms with van der Waals surface area (Å²) in [5.41, 5.74) is 0.685. The van der Waals surface area contributed by atoms with Crippen molar-refractivity contribution in [2.75, 3.05) is 17.3 Å². The lowest BCUT2D eigenvalue weighted by Crippen LogP contribution is -2.32. The molecule has 1 N–H and O–H groups in total. The molecule has 1 aliphatic heterocycles. The molecule has 3 aromatic carbocycles. The van der Waals surface area contributed by atoms with Crippen LogP contribution in [-0.2, 0) is 9.59 Å². The van der Waals surface area contributed by atoms with E-state index in [2.05, 4.69) is 5.32 Å². The number of ether oxygens (including phenoxy) is 2. The van der Waals surface area contributed by atoms with Gasteiger partial charge in [0.25, 0.3) is 11.8 Å². The number of halogens is 3. The van der Waals surface area contributed by atoms with Gasteiger partial charge in [-0.1, -0.05) is 40.9 Å². The van der Waals surface area contributed by atoms with Crippen molar-refractivity contribution in [1.29, 1.82) is 0 Å². The van der Waals surface area contributed by atoms with Crippen LogP contribution in [0, 0.1) is 0 Å². The number of esters is 1. The van der Waals surface area contributed by atoms with E-state index in [0.29, 0.717) is 22.2 Å². The van der Waals surface area contributed by atoms with Crippen LogP contribution in [0.2, 0.25) is 10.0 Å². The highest BCUT2D eigenvalue weighted by molar-refractivity contribution is 6.54. The van der Waals surface area contributed by atoms with Crippen molar-refractivity contribution < 1.29 is 23.9 Å². The van der Waals surface area contributed by atoms with Crippen molar-refractivity contribution in [3.05, 3.63) is 93.1 Å². The average molecular weight is 518 g/mol. The van der Waals surface area contributed by atoms with Crippen LogP contribution in [-0.4, -0.2) is 24.9 Å². The van der Waals surface area contributed by atoms with Crippen molar-refractivity contribution in [2.45, 2.75) is 0 Å². The Labute approximate surface area is 209 Å². The van der Waals surface area contributed by atoms with Crippen LogP contribution in [0.25, 0.3) is 0 Å². The smallest absolute Gasteiger partial charge is 0.343 e. The predicted molar refractivity (Wildman–Crippen MR) is 130 cm³/mol. The van der Waals surface area contributed by atoms with Crippen LogP contribution in [0.3, 0.4) is 0 Å². The van der Waals surface area contributed by atoms with Gasteiger partial charge in [0, 0.05) is 16.8 Å². The lowest BCUT2D eigenvalue weighted by molar-refractivity contribution is -0.120. The van der Waals surface area contributed by atoms with Gasteiger partial charge < -0.3 is 14.8 Å². The summed E-state index contributed by atoms with van der Waals surface area (Å²) in [7, 11) is 1.51. The zero-order valence-electron chi connectivity index (χ0n) is 17.5. The fraction of sp³-hybridized carbons (Fsp3) is 0.0417. The standard InChI is InChI=1S/C24H15Cl3N2O5/c1-33-16-3-2-4-17(12-16)34-24(32)13-5-8-15(9-6-13)28-21-20(27)22(30)29(23(21)31)19-11-14(25)7-10-18(19)26/h2-12,28H,1H3. The van der Waals surface area contributed by atoms with Gasteiger partial charge in [0.2, 0.25) is 0 Å². The fourth-order valence-corrected chi connectivity index (χ4v) is 3.73. The van der Waals surface area contributed by atoms with Crippen molar-refractivity contribution in [1.82, 2.24) is 0 Å². The molecule has 4 rings (SSSR count). The van der Waals surface area contributed by atoms with Gasteiger partial charge in [0.05, 0.1) is 23.4 Å². The van der Waals surface area contributed by atoms with Crippen LogP contribution in [0.4, 0.5) is 11.4 Å². The number of hydrogen-bond donors (Lipinski definition) is 1. The molecule has 0 radical (unpaired) electrons. The Balaban J connectivity index is 1.49. The summed E-state index contributed by atoms with van der Waals surface area (Å²) in [5.74, 6) is -1.12. The third-order valence-corrected chi connectivity index (χ3v) is 5.72. The number of methoxy groups -OCH3 is 1. The molecule has 1 aliphatic rings. The van der Waals surface area contributed by atoms with Crippen LogP contribution in [0.5, 0.6) is 11.5 Å². The number of hydrogen-bond acceptors (Lipinski definition) is 6. The first-order valence-corrected chi connectivity index (χ1v) is 10.9. The van der Waals surface area contributed by atoms with Gasteiger partial charge in [-0.25, -0.2) is 9.69 Å². The molecule has 0 saturated heterocycles. The summed E-state index contributed by atoms with van der Waals surface area (Å²) < 4.78 is 10.5. The second kappa shape index (κ2) is 9.77. The molecule has 0 fully saturated rings. The maximum absolute atomic E-state index is 12.9. The molecule has 3 aromatic rings. The molecule has 0 unspecified atom stereocenters. The minimum atomic E-state index is -0.739. The van der Waals surface area contributed by atoms with E-state index in [1.165, 1.54) is 37.4 Å². The largest absolute Gasteiger partial charge is 0.497 e. The number of imide groups is 1. The maximum Gasteiger partial charge on any atom is 0.343 e. The van der Waals surface area contributed by atoms with Gasteiger partial charge in [-0.2, -0.15) is 0 Å². The molecular formula is C24H15Cl3N2O5. The molecule has 2 amide bonds. The highest BCUT2D eigenvalue weighted by Crippen LogP contribution is 2.35. The zero-order valence-corrected chi connectivity index (χ0v) is 19.7. The van der Waals surface area contributed by atoms with E-state index < -0.39 is 17.8 Å². The molecule has 7 nitrogen and oxygen atoms in total. The Kier molecular flexibility index (Phi) is 6.79. The zero-order chi connectivity index (χ0) is 24.4. The summed E-state index contributed by atoms with van der Waals surface area (Å²) in [4.78, 5) is 38.9. The van der Waals surface area contributed by atoms with Gasteiger partial charge in [-0.15, -0.1) is 0 Å². The third kappa shape index (κ3) is 4.72. The molecule has 10 heteroatoms. The molecule has 0 bridgehead atoms. The van der Waals surface area contributed by atoms with Crippen molar-refractivity contribution in [3.63, 3.8) is 0 Å². The van der Waals surface area contributed by atoms with E-state index in [0.717, 1.165) is 4.90 Å². The van der Waals surface area contributed by atoms with Crippen LogP contribution in [0.1, 0.15) is 10.4 Å². The Bertz CT molecular complexity index is 1340. The molecular weight excluding hydrogens is 503 g/mol. The Hall–Kier alpha value is -3.52. The quantitative estimate of drug-likeness (QED) is 0.258. The predicted octanol–water partition coefficient (Wildman–Crippen LogP) is 5.66. The Morgan fingerprint density at radius 1 is 0.882 bits per heavy atom. The number of benzene rings is 3. The summed E-state index contributed by atoms with van der Waals surface area (Å²) in [5, 5.41) is 2.99. The van der Waals surface area contributed by atoms with Crippen molar-refractivity contribution >= 4 is 64.0 Å². The number of carbonyl (C=O) groups is 3. The number of anilines is 2. The Morgan fingerprint density at radius 2 is 1.59 bits per heavy atom. The van der Waals surface area contributed by atoms with Crippen molar-refractivity contribution in [2.24, 2.45) is 0 Å². The minimum Gasteiger partial charge on any atom is -0.497 e. The topological polar surface area (TPSA) is 84.9 Å². The molecule has 34 heavy (non-hydrogen) atoms. The number of nitrogens with zero attached hydrogens (tertiary/aromatic N) is 1. The van der Waals surface area contributed by atoms with Gasteiger partial charge in [-0.3, -0.25) is 9.59 Å². The molecule has 1 heterocycles. The average Bonchev–Trinajstić information content (AvgIpc) is 3.04. The maximum atomic E-state index is 12.9. The van der Waals surface area contributed by atoms with Gasteiger partial charge in [-0.05, 0) is 54.6 Å². The number of carbonyl (C=O) groups excluding carboxylic acids is 3.